The topological polar surface area (TPSA) is 192 Å². The molecule has 3 heterocycles. The summed E-state index contributed by atoms with van der Waals surface area (Å²) < 4.78 is 45.0. The van der Waals surface area contributed by atoms with Crippen LogP contribution < -0.4 is 32.3 Å². The van der Waals surface area contributed by atoms with Crippen LogP contribution in [0.3, 0.4) is 0 Å². The molecule has 0 aliphatic carbocycles. The predicted octanol–water partition coefficient (Wildman–Crippen LogP) is 1.40. The average Bonchev–Trinajstić information content (AvgIpc) is 2.89. The number of halogens is 3. The van der Waals surface area contributed by atoms with Gasteiger partial charge < -0.3 is 26.8 Å². The summed E-state index contributed by atoms with van der Waals surface area (Å²) >= 11 is 0. The maximum atomic E-state index is 15.8. The quantitative estimate of drug-likeness (QED) is 0.177. The third kappa shape index (κ3) is 4.26. The molecule has 3 aliphatic rings. The molecule has 6 rings (SSSR count). The normalized spacial score (nSPS) is 17.4. The Morgan fingerprint density at radius 3 is 2.05 bits per heavy atom. The third-order valence-corrected chi connectivity index (χ3v) is 7.15. The lowest BCUT2D eigenvalue weighted by Gasteiger charge is -2.27. The van der Waals surface area contributed by atoms with Crippen molar-refractivity contribution in [2.75, 3.05) is 16.4 Å². The standard InChI is InChI=1S/C27H19F3N6O6/c28-11-1-2-14(20-8(11)3-17(37)34-25(20)40)33-24-10-5-19(39)35-26(41)21(10)16(7-13(24)30)32-15-6-12(29)23(31)22-9(15)4-18(38)36-27(22)42/h1-2,6-7,17,32-33,37H,3-5,31H2,(H,34,40)(H,35,39,41)(H,36,38,42). The van der Waals surface area contributed by atoms with Gasteiger partial charge in [-0.1, -0.05) is 0 Å². The molecule has 0 aromatic heterocycles. The first-order chi connectivity index (χ1) is 19.9. The molecule has 8 N–H and O–H groups in total. The summed E-state index contributed by atoms with van der Waals surface area (Å²) in [5.74, 6) is -6.98. The summed E-state index contributed by atoms with van der Waals surface area (Å²) in [4.78, 5) is 62.4. The van der Waals surface area contributed by atoms with Crippen LogP contribution in [0.4, 0.5) is 41.6 Å². The predicted molar refractivity (Wildman–Crippen MR) is 140 cm³/mol. The zero-order valence-corrected chi connectivity index (χ0v) is 21.2. The van der Waals surface area contributed by atoms with Crippen LogP contribution in [0.5, 0.6) is 0 Å². The molecule has 0 spiro atoms. The van der Waals surface area contributed by atoms with E-state index in [0.29, 0.717) is 0 Å². The summed E-state index contributed by atoms with van der Waals surface area (Å²) in [5.41, 5.74) is 3.45. The second-order valence-electron chi connectivity index (χ2n) is 9.81. The van der Waals surface area contributed by atoms with Gasteiger partial charge in [-0.25, -0.2) is 13.2 Å². The molecule has 12 nitrogen and oxygen atoms in total. The van der Waals surface area contributed by atoms with Gasteiger partial charge in [0.15, 0.2) is 0 Å². The number of anilines is 5. The second kappa shape index (κ2) is 9.59. The number of carbonyl (C=O) groups is 5. The Hall–Kier alpha value is -5.44. The number of rotatable bonds is 4. The number of imide groups is 2. The molecule has 0 fully saturated rings. The van der Waals surface area contributed by atoms with Gasteiger partial charge in [0.25, 0.3) is 17.7 Å². The van der Waals surface area contributed by atoms with Gasteiger partial charge in [-0.2, -0.15) is 0 Å². The lowest BCUT2D eigenvalue weighted by atomic mass is 9.92. The molecule has 0 radical (unpaired) electrons. The zero-order valence-electron chi connectivity index (χ0n) is 21.2. The minimum atomic E-state index is -1.34. The molecule has 1 unspecified atom stereocenters. The van der Waals surface area contributed by atoms with Gasteiger partial charge in [0.05, 0.1) is 52.3 Å². The molecular weight excluding hydrogens is 561 g/mol. The van der Waals surface area contributed by atoms with Gasteiger partial charge in [0, 0.05) is 29.3 Å². The third-order valence-electron chi connectivity index (χ3n) is 7.15. The van der Waals surface area contributed by atoms with E-state index < -0.39 is 65.3 Å². The Bertz CT molecular complexity index is 1810. The maximum Gasteiger partial charge on any atom is 0.260 e. The monoisotopic (exact) mass is 580 g/mol. The number of nitrogens with two attached hydrogens (primary N) is 1. The lowest BCUT2D eigenvalue weighted by Crippen LogP contribution is -2.42. The van der Waals surface area contributed by atoms with Crippen molar-refractivity contribution in [2.24, 2.45) is 0 Å². The van der Waals surface area contributed by atoms with E-state index in [1.807, 2.05) is 5.32 Å². The molecule has 0 bridgehead atoms. The Labute approximate surface area is 233 Å². The molecule has 3 aromatic rings. The Morgan fingerprint density at radius 1 is 0.714 bits per heavy atom. The van der Waals surface area contributed by atoms with Crippen molar-refractivity contribution < 1.29 is 42.3 Å². The highest BCUT2D eigenvalue weighted by atomic mass is 19.1. The summed E-state index contributed by atoms with van der Waals surface area (Å²) in [5, 5.41) is 21.6. The van der Waals surface area contributed by atoms with Crippen molar-refractivity contribution in [1.82, 2.24) is 16.0 Å². The van der Waals surface area contributed by atoms with Crippen molar-refractivity contribution in [3.05, 3.63) is 75.1 Å². The molecule has 42 heavy (non-hydrogen) atoms. The maximum absolute atomic E-state index is 15.8. The van der Waals surface area contributed by atoms with Crippen LogP contribution in [0.2, 0.25) is 0 Å². The van der Waals surface area contributed by atoms with Gasteiger partial charge >= 0.3 is 0 Å². The molecule has 0 saturated carbocycles. The highest BCUT2D eigenvalue weighted by molar-refractivity contribution is 6.16. The minimum absolute atomic E-state index is 0.0115. The Kier molecular flexibility index (Phi) is 6.11. The molecule has 1 atom stereocenters. The summed E-state index contributed by atoms with van der Waals surface area (Å²) in [7, 11) is 0. The average molecular weight is 580 g/mol. The van der Waals surface area contributed by atoms with E-state index in [1.165, 1.54) is 6.07 Å². The van der Waals surface area contributed by atoms with Crippen LogP contribution >= 0.6 is 0 Å². The van der Waals surface area contributed by atoms with Crippen molar-refractivity contribution in [3.8, 4) is 0 Å². The van der Waals surface area contributed by atoms with Crippen LogP contribution in [0, 0.1) is 17.5 Å². The SMILES string of the molecule is Nc1c(F)cc(Nc2cc(F)c(Nc3ccc(F)c4c3C(=O)NC(O)C4)c3c2C(=O)NC(=O)C3)c2c1C(=O)NC(=O)C2. The van der Waals surface area contributed by atoms with Crippen molar-refractivity contribution >= 4 is 58.0 Å². The van der Waals surface area contributed by atoms with Crippen LogP contribution in [0.25, 0.3) is 0 Å². The first-order valence-corrected chi connectivity index (χ1v) is 12.4. The summed E-state index contributed by atoms with van der Waals surface area (Å²) in [6, 6.07) is 3.93. The number of aliphatic hydroxyl groups excluding tert-OH is 1. The summed E-state index contributed by atoms with van der Waals surface area (Å²) in [6.45, 7) is 0. The van der Waals surface area contributed by atoms with Crippen molar-refractivity contribution in [1.29, 1.82) is 0 Å². The van der Waals surface area contributed by atoms with Gasteiger partial charge in [-0.15, -0.1) is 0 Å². The van der Waals surface area contributed by atoms with E-state index in [0.717, 1.165) is 18.2 Å². The van der Waals surface area contributed by atoms with Crippen LogP contribution in [-0.2, 0) is 28.9 Å². The fraction of sp³-hybridized carbons (Fsp3) is 0.148. The first-order valence-electron chi connectivity index (χ1n) is 12.4. The van der Waals surface area contributed by atoms with E-state index in [2.05, 4.69) is 21.3 Å². The largest absolute Gasteiger partial charge is 0.396 e. The first kappa shape index (κ1) is 26.8. The number of nitrogens with one attached hydrogen (secondary N) is 5. The molecular formula is C27H19F3N6O6. The van der Waals surface area contributed by atoms with Crippen LogP contribution in [-0.4, -0.2) is 40.9 Å². The fourth-order valence-corrected chi connectivity index (χ4v) is 5.36. The summed E-state index contributed by atoms with van der Waals surface area (Å²) in [6.07, 6.45) is -2.47. The smallest absolute Gasteiger partial charge is 0.260 e. The number of nitrogen functional groups attached to an aromatic ring is 1. The van der Waals surface area contributed by atoms with E-state index >= 15 is 4.39 Å². The molecule has 15 heteroatoms. The Morgan fingerprint density at radius 2 is 1.33 bits per heavy atom. The second-order valence-corrected chi connectivity index (χ2v) is 9.81. The van der Waals surface area contributed by atoms with Gasteiger partial charge in [-0.05, 0) is 23.8 Å². The lowest BCUT2D eigenvalue weighted by molar-refractivity contribution is -0.120. The molecule has 3 aliphatic heterocycles. The van der Waals surface area contributed by atoms with E-state index in [1.54, 1.807) is 0 Å². The van der Waals surface area contributed by atoms with E-state index in [4.69, 9.17) is 5.73 Å². The van der Waals surface area contributed by atoms with Crippen LogP contribution in [0.1, 0.15) is 47.8 Å². The molecule has 3 aromatic carbocycles. The fourth-order valence-electron chi connectivity index (χ4n) is 5.36. The number of carbonyl (C=O) groups excluding carboxylic acids is 5. The van der Waals surface area contributed by atoms with Crippen LogP contribution in [0.15, 0.2) is 24.3 Å². The van der Waals surface area contributed by atoms with E-state index in [9.17, 15) is 37.9 Å². The molecule has 214 valence electrons. The van der Waals surface area contributed by atoms with Gasteiger partial charge in [0.2, 0.25) is 11.8 Å². The number of benzene rings is 3. The number of fused-ring (bicyclic) bond motifs is 3. The highest BCUT2D eigenvalue weighted by Crippen LogP contribution is 2.40. The van der Waals surface area contributed by atoms with Crippen molar-refractivity contribution in [3.63, 3.8) is 0 Å². The molecule has 0 saturated heterocycles. The Balaban J connectivity index is 1.49. The number of hydrogen-bond donors (Lipinski definition) is 7. The highest BCUT2D eigenvalue weighted by Gasteiger charge is 2.34. The molecule has 5 amide bonds. The number of aliphatic hydroxyl groups is 1. The minimum Gasteiger partial charge on any atom is -0.396 e. The van der Waals surface area contributed by atoms with Crippen molar-refractivity contribution in [2.45, 2.75) is 25.5 Å². The van der Waals surface area contributed by atoms with Gasteiger partial charge in [0.1, 0.15) is 23.7 Å². The van der Waals surface area contributed by atoms with Gasteiger partial charge in [-0.3, -0.25) is 34.6 Å². The zero-order chi connectivity index (χ0) is 30.0. The van der Waals surface area contributed by atoms with E-state index in [-0.39, 0.29) is 69.0 Å². The number of amides is 5. The number of hydrogen-bond acceptors (Lipinski definition) is 9.